The van der Waals surface area contributed by atoms with Gasteiger partial charge >= 0.3 is 0 Å². The lowest BCUT2D eigenvalue weighted by atomic mass is 9.77. The van der Waals surface area contributed by atoms with Gasteiger partial charge in [0.25, 0.3) is 0 Å². The molecule has 0 amide bonds. The largest absolute Gasteiger partial charge is 0.497 e. The fourth-order valence-electron chi connectivity index (χ4n) is 5.82. The van der Waals surface area contributed by atoms with Crippen LogP contribution in [0.4, 0.5) is 10.3 Å². The minimum atomic E-state index is -1.97. The van der Waals surface area contributed by atoms with Gasteiger partial charge in [0.1, 0.15) is 23.0 Å². The molecule has 228 valence electrons. The predicted octanol–water partition coefficient (Wildman–Crippen LogP) is 4.62. The third kappa shape index (κ3) is 4.92. The van der Waals surface area contributed by atoms with Crippen LogP contribution in [0.2, 0.25) is 0 Å². The van der Waals surface area contributed by atoms with Gasteiger partial charge in [0, 0.05) is 0 Å². The topological polar surface area (TPSA) is 124 Å². The first-order chi connectivity index (χ1) is 21.3. The summed E-state index contributed by atoms with van der Waals surface area (Å²) in [5.41, 5.74) is 0.337. The third-order valence-electron chi connectivity index (χ3n) is 8.03. The minimum Gasteiger partial charge on any atom is -0.497 e. The molecule has 11 heteroatoms. The summed E-state index contributed by atoms with van der Waals surface area (Å²) in [6.07, 6.45) is -2.86. The molecule has 0 bridgehead atoms. The van der Waals surface area contributed by atoms with E-state index in [1.165, 1.54) is 17.8 Å². The number of aromatic nitrogens is 4. The van der Waals surface area contributed by atoms with E-state index in [0.29, 0.717) is 17.9 Å². The van der Waals surface area contributed by atoms with Crippen molar-refractivity contribution in [2.45, 2.75) is 43.5 Å². The molecule has 1 saturated heterocycles. The number of anilines is 1. The molecule has 0 radical (unpaired) electrons. The molecule has 1 aliphatic heterocycles. The highest BCUT2D eigenvalue weighted by Crippen LogP contribution is 2.43. The molecule has 1 aliphatic rings. The van der Waals surface area contributed by atoms with Crippen LogP contribution in [0.5, 0.6) is 11.6 Å². The fraction of sp³-hybridized carbons (Fsp3) is 0.303. The number of nitrogens with one attached hydrogen (secondary N) is 1. The van der Waals surface area contributed by atoms with Gasteiger partial charge in [0.05, 0.1) is 26.7 Å². The van der Waals surface area contributed by atoms with Crippen molar-refractivity contribution in [3.8, 4) is 11.6 Å². The van der Waals surface area contributed by atoms with Crippen molar-refractivity contribution in [1.82, 2.24) is 19.5 Å². The summed E-state index contributed by atoms with van der Waals surface area (Å²) in [6, 6.07) is 27.6. The molecular weight excluding hydrogens is 565 g/mol. The number of alkyl halides is 1. The number of aliphatic hydroxyl groups is 2. The maximum absolute atomic E-state index is 15.1. The lowest BCUT2D eigenvalue weighted by Gasteiger charge is -2.37. The van der Waals surface area contributed by atoms with Gasteiger partial charge in [-0.2, -0.15) is 9.97 Å². The highest BCUT2D eigenvalue weighted by Gasteiger charge is 2.54. The van der Waals surface area contributed by atoms with Crippen molar-refractivity contribution >= 4 is 17.1 Å². The molecule has 10 nitrogen and oxygen atoms in total. The zero-order valence-corrected chi connectivity index (χ0v) is 24.6. The number of methoxy groups -OCH3 is 1. The predicted molar refractivity (Wildman–Crippen MR) is 162 cm³/mol. The summed E-state index contributed by atoms with van der Waals surface area (Å²) in [6.45, 7) is 2.87. The number of fused-ring (bicyclic) bond motifs is 1. The molecule has 2 aromatic heterocycles. The molecular formula is C33H34FN5O5. The summed E-state index contributed by atoms with van der Waals surface area (Å²) >= 11 is 0. The van der Waals surface area contributed by atoms with E-state index in [4.69, 9.17) is 24.2 Å². The summed E-state index contributed by atoms with van der Waals surface area (Å²) in [7, 11) is 1.62. The van der Waals surface area contributed by atoms with Crippen LogP contribution in [0.15, 0.2) is 91.3 Å². The molecule has 1 fully saturated rings. The fourth-order valence-corrected chi connectivity index (χ4v) is 5.82. The first-order valence-corrected chi connectivity index (χ1v) is 14.4. The normalized spacial score (nSPS) is 21.8. The lowest BCUT2D eigenvalue weighted by molar-refractivity contribution is -0.0892. The van der Waals surface area contributed by atoms with Gasteiger partial charge in [-0.15, -0.1) is 0 Å². The van der Waals surface area contributed by atoms with E-state index in [9.17, 15) is 10.2 Å². The van der Waals surface area contributed by atoms with Crippen molar-refractivity contribution in [2.75, 3.05) is 25.6 Å². The SMILES string of the molecule is CCOc1nc(NC(c2ccccc2)(c2ccccc2)c2ccc(OC)cc2)nc2c1ncn2[C@@H]1O[C@H](CO)[C@@H](F)[C@@]1(C)O. The van der Waals surface area contributed by atoms with Gasteiger partial charge in [-0.25, -0.2) is 9.37 Å². The second-order valence-electron chi connectivity index (χ2n) is 10.8. The molecule has 6 rings (SSSR count). The van der Waals surface area contributed by atoms with E-state index in [0.717, 1.165) is 16.7 Å². The average Bonchev–Trinajstić information content (AvgIpc) is 3.58. The van der Waals surface area contributed by atoms with Crippen LogP contribution in [0.25, 0.3) is 11.2 Å². The number of imidazole rings is 1. The van der Waals surface area contributed by atoms with E-state index in [-0.39, 0.29) is 17.5 Å². The van der Waals surface area contributed by atoms with Gasteiger partial charge in [0.15, 0.2) is 23.6 Å². The van der Waals surface area contributed by atoms with Crippen molar-refractivity contribution in [3.63, 3.8) is 0 Å². The van der Waals surface area contributed by atoms with Crippen LogP contribution >= 0.6 is 0 Å². The summed E-state index contributed by atoms with van der Waals surface area (Å²) < 4.78 is 33.7. The maximum atomic E-state index is 15.1. The Labute approximate surface area is 254 Å². The summed E-state index contributed by atoms with van der Waals surface area (Å²) in [5.74, 6) is 1.11. The average molecular weight is 600 g/mol. The van der Waals surface area contributed by atoms with Crippen molar-refractivity contribution in [2.24, 2.45) is 0 Å². The number of hydrogen-bond donors (Lipinski definition) is 3. The van der Waals surface area contributed by atoms with Crippen LogP contribution in [-0.2, 0) is 10.3 Å². The van der Waals surface area contributed by atoms with Gasteiger partial charge in [-0.05, 0) is 42.7 Å². The smallest absolute Gasteiger partial charge is 0.247 e. The zero-order valence-electron chi connectivity index (χ0n) is 24.6. The molecule has 5 aromatic rings. The van der Waals surface area contributed by atoms with E-state index in [2.05, 4.69) is 10.3 Å². The number of ether oxygens (including phenoxy) is 3. The molecule has 4 atom stereocenters. The zero-order chi connectivity index (χ0) is 30.9. The minimum absolute atomic E-state index is 0.194. The monoisotopic (exact) mass is 599 g/mol. The van der Waals surface area contributed by atoms with E-state index >= 15 is 4.39 Å². The lowest BCUT2D eigenvalue weighted by Crippen LogP contribution is -2.41. The molecule has 3 heterocycles. The molecule has 44 heavy (non-hydrogen) atoms. The highest BCUT2D eigenvalue weighted by atomic mass is 19.1. The van der Waals surface area contributed by atoms with Crippen LogP contribution < -0.4 is 14.8 Å². The third-order valence-corrected chi connectivity index (χ3v) is 8.03. The maximum Gasteiger partial charge on any atom is 0.247 e. The Morgan fingerprint density at radius 1 is 0.977 bits per heavy atom. The van der Waals surface area contributed by atoms with E-state index in [1.807, 2.05) is 91.9 Å². The van der Waals surface area contributed by atoms with E-state index < -0.39 is 36.3 Å². The van der Waals surface area contributed by atoms with Gasteiger partial charge in [0.2, 0.25) is 11.8 Å². The quantitative estimate of drug-likeness (QED) is 0.197. The summed E-state index contributed by atoms with van der Waals surface area (Å²) in [5, 5.41) is 24.4. The second-order valence-corrected chi connectivity index (χ2v) is 10.8. The molecule has 0 spiro atoms. The Hall–Kier alpha value is -4.58. The Kier molecular flexibility index (Phi) is 7.93. The van der Waals surface area contributed by atoms with Crippen molar-refractivity contribution < 1.29 is 28.8 Å². The number of nitrogens with zero attached hydrogens (tertiary/aromatic N) is 4. The van der Waals surface area contributed by atoms with Crippen molar-refractivity contribution in [3.05, 3.63) is 108 Å². The first kappa shape index (κ1) is 29.5. The van der Waals surface area contributed by atoms with Gasteiger partial charge < -0.3 is 29.7 Å². The number of hydrogen-bond acceptors (Lipinski definition) is 9. The van der Waals surface area contributed by atoms with Gasteiger partial charge in [-0.3, -0.25) is 4.57 Å². The summed E-state index contributed by atoms with van der Waals surface area (Å²) in [4.78, 5) is 14.1. The Morgan fingerprint density at radius 2 is 1.59 bits per heavy atom. The number of halogens is 1. The number of aliphatic hydroxyl groups excluding tert-OH is 1. The van der Waals surface area contributed by atoms with Crippen LogP contribution in [0.1, 0.15) is 36.8 Å². The molecule has 3 aromatic carbocycles. The molecule has 0 saturated carbocycles. The first-order valence-electron chi connectivity index (χ1n) is 14.4. The van der Waals surface area contributed by atoms with E-state index in [1.54, 1.807) is 7.11 Å². The highest BCUT2D eigenvalue weighted by molar-refractivity contribution is 5.78. The van der Waals surface area contributed by atoms with Crippen LogP contribution in [-0.4, -0.2) is 67.9 Å². The van der Waals surface area contributed by atoms with Crippen LogP contribution in [0.3, 0.4) is 0 Å². The van der Waals surface area contributed by atoms with Crippen LogP contribution in [0, 0.1) is 0 Å². The Morgan fingerprint density at radius 3 is 2.14 bits per heavy atom. The Bertz CT molecular complexity index is 1680. The molecule has 0 unspecified atom stereocenters. The Balaban J connectivity index is 1.57. The number of rotatable bonds is 10. The molecule has 3 N–H and O–H groups in total. The van der Waals surface area contributed by atoms with Crippen molar-refractivity contribution in [1.29, 1.82) is 0 Å². The molecule has 0 aliphatic carbocycles. The van der Waals surface area contributed by atoms with Gasteiger partial charge in [-0.1, -0.05) is 72.8 Å². The second kappa shape index (κ2) is 11.8. The standard InChI is InChI=1S/C33H34FN5O5/c1-4-43-29-26-28(39(20-35-26)30-32(2,41)27(34)25(19-40)44-30)36-31(37-29)38-33(21-11-7-5-8-12-21,22-13-9-6-10-14-22)23-15-17-24(42-3)18-16-23/h5-18,20,25,27,30,40-41H,4,19H2,1-3H3,(H,36,37,38)/t25-,27-,30-,32-/m1/s1. The number of benzene rings is 3.